The number of nitrogens with one attached hydrogen (secondary N) is 1. The third-order valence-corrected chi connectivity index (χ3v) is 1.61. The van der Waals surface area contributed by atoms with Crippen LogP contribution in [-0.4, -0.2) is 12.1 Å². The van der Waals surface area contributed by atoms with E-state index >= 15 is 0 Å². The summed E-state index contributed by atoms with van der Waals surface area (Å²) in [5.74, 6) is -0.0176. The highest BCUT2D eigenvalue weighted by atomic mass is 19.3. The zero-order chi connectivity index (χ0) is 10.7. The number of pyridine rings is 1. The number of alkyl halides is 2. The van der Waals surface area contributed by atoms with Gasteiger partial charge in [0.15, 0.2) is 5.88 Å². The van der Waals surface area contributed by atoms with Crippen molar-refractivity contribution in [2.45, 2.75) is 6.43 Å². The minimum Gasteiger partial charge on any atom is -0.482 e. The van der Waals surface area contributed by atoms with Crippen LogP contribution in [0.5, 0.6) is 5.88 Å². The Labute approximate surface area is 77.7 Å². The largest absolute Gasteiger partial charge is 0.482 e. The summed E-state index contributed by atoms with van der Waals surface area (Å²) in [7, 11) is 1.26. The van der Waals surface area contributed by atoms with Gasteiger partial charge in [-0.3, -0.25) is 9.78 Å². The molecule has 1 aromatic heterocycles. The van der Waals surface area contributed by atoms with Crippen LogP contribution in [0.25, 0.3) is 0 Å². The van der Waals surface area contributed by atoms with Gasteiger partial charge in [-0.2, -0.15) is 5.26 Å². The van der Waals surface area contributed by atoms with Crippen LogP contribution in [0.15, 0.2) is 10.9 Å². The molecule has 0 aliphatic rings. The quantitative estimate of drug-likeness (QED) is 0.779. The van der Waals surface area contributed by atoms with E-state index in [2.05, 4.69) is 9.72 Å². The Hall–Kier alpha value is -1.90. The third-order valence-electron chi connectivity index (χ3n) is 1.61. The second-order valence-corrected chi connectivity index (χ2v) is 2.41. The monoisotopic (exact) mass is 200 g/mol. The van der Waals surface area contributed by atoms with Gasteiger partial charge in [0.25, 0.3) is 12.0 Å². The smallest absolute Gasteiger partial charge is 0.270 e. The number of methoxy groups -OCH3 is 1. The van der Waals surface area contributed by atoms with Crippen LogP contribution in [0.3, 0.4) is 0 Å². The summed E-state index contributed by atoms with van der Waals surface area (Å²) in [6.07, 6.45) is -2.97. The molecule has 1 rings (SSSR count). The molecule has 0 aromatic carbocycles. The lowest BCUT2D eigenvalue weighted by molar-refractivity contribution is 0.149. The van der Waals surface area contributed by atoms with Crippen molar-refractivity contribution in [3.8, 4) is 11.9 Å². The first-order chi connectivity index (χ1) is 6.60. The van der Waals surface area contributed by atoms with E-state index in [-0.39, 0.29) is 11.4 Å². The van der Waals surface area contributed by atoms with Crippen LogP contribution in [0.2, 0.25) is 0 Å². The van der Waals surface area contributed by atoms with E-state index in [1.54, 1.807) is 0 Å². The van der Waals surface area contributed by atoms with Crippen molar-refractivity contribution in [2.75, 3.05) is 7.11 Å². The highest BCUT2D eigenvalue weighted by Crippen LogP contribution is 2.20. The van der Waals surface area contributed by atoms with E-state index in [9.17, 15) is 13.6 Å². The predicted octanol–water partition coefficient (Wildman–Crippen LogP) is 1.19. The molecule has 0 amide bonds. The summed E-state index contributed by atoms with van der Waals surface area (Å²) in [6, 6.07) is 2.57. The lowest BCUT2D eigenvalue weighted by Gasteiger charge is -2.03. The zero-order valence-electron chi connectivity index (χ0n) is 7.17. The number of halogens is 2. The highest BCUT2D eigenvalue weighted by molar-refractivity contribution is 5.39. The van der Waals surface area contributed by atoms with Gasteiger partial charge in [0, 0.05) is 6.07 Å². The number of hydrogen-bond donors (Lipinski definition) is 1. The number of H-pyrrole nitrogens is 1. The molecule has 0 aliphatic heterocycles. The minimum atomic E-state index is -2.97. The first kappa shape index (κ1) is 10.2. The molecule has 14 heavy (non-hydrogen) atoms. The second kappa shape index (κ2) is 3.87. The number of aromatic amines is 1. The lowest BCUT2D eigenvalue weighted by Crippen LogP contribution is -2.15. The van der Waals surface area contributed by atoms with Crippen LogP contribution in [0, 0.1) is 11.3 Å². The molecule has 0 radical (unpaired) electrons. The lowest BCUT2D eigenvalue weighted by atomic mass is 10.1. The van der Waals surface area contributed by atoms with Crippen molar-refractivity contribution in [1.29, 1.82) is 5.26 Å². The number of hydrogen-bond acceptors (Lipinski definition) is 3. The maximum absolute atomic E-state index is 12.3. The molecule has 6 heteroatoms. The standard InChI is InChI=1S/C8H6F2N2O2/c1-14-5-2-4(3-11)6(7(9)10)8(13)12-5/h2,7H,1H3,(H,12,13). The fourth-order valence-electron chi connectivity index (χ4n) is 0.966. The molecule has 1 N–H and O–H groups in total. The molecular formula is C8H6F2N2O2. The molecule has 1 heterocycles. The summed E-state index contributed by atoms with van der Waals surface area (Å²) in [5.41, 5.74) is -2.20. The van der Waals surface area contributed by atoms with Crippen LogP contribution in [0.4, 0.5) is 8.78 Å². The van der Waals surface area contributed by atoms with E-state index in [1.807, 2.05) is 0 Å². The first-order valence-electron chi connectivity index (χ1n) is 3.59. The van der Waals surface area contributed by atoms with Crippen LogP contribution in [-0.2, 0) is 0 Å². The number of rotatable bonds is 2. The maximum Gasteiger partial charge on any atom is 0.270 e. The van der Waals surface area contributed by atoms with Crippen molar-refractivity contribution < 1.29 is 13.5 Å². The summed E-state index contributed by atoms with van der Waals surface area (Å²) < 4.78 is 29.2. The Balaban J connectivity index is 3.45. The van der Waals surface area contributed by atoms with Crippen LogP contribution >= 0.6 is 0 Å². The van der Waals surface area contributed by atoms with Crippen LogP contribution < -0.4 is 10.3 Å². The van der Waals surface area contributed by atoms with Crippen molar-refractivity contribution >= 4 is 0 Å². The Morgan fingerprint density at radius 2 is 2.29 bits per heavy atom. The van der Waals surface area contributed by atoms with Gasteiger partial charge in [-0.1, -0.05) is 0 Å². The fourth-order valence-corrected chi connectivity index (χ4v) is 0.966. The minimum absolute atomic E-state index is 0.0176. The Morgan fingerprint density at radius 1 is 1.64 bits per heavy atom. The van der Waals surface area contributed by atoms with E-state index in [1.165, 1.54) is 13.2 Å². The average molecular weight is 200 g/mol. The molecule has 0 saturated carbocycles. The van der Waals surface area contributed by atoms with Crippen molar-refractivity contribution in [2.24, 2.45) is 0 Å². The fraction of sp³-hybridized carbons (Fsp3) is 0.250. The maximum atomic E-state index is 12.3. The van der Waals surface area contributed by atoms with Gasteiger partial charge in [0.05, 0.1) is 12.7 Å². The molecule has 0 saturated heterocycles. The number of ether oxygens (including phenoxy) is 1. The Morgan fingerprint density at radius 3 is 2.71 bits per heavy atom. The molecule has 4 nitrogen and oxygen atoms in total. The molecule has 0 unspecified atom stereocenters. The van der Waals surface area contributed by atoms with E-state index in [4.69, 9.17) is 5.26 Å². The molecule has 0 spiro atoms. The zero-order valence-corrected chi connectivity index (χ0v) is 7.17. The van der Waals surface area contributed by atoms with Gasteiger partial charge < -0.3 is 4.74 Å². The van der Waals surface area contributed by atoms with Gasteiger partial charge >= 0.3 is 0 Å². The Kier molecular flexibility index (Phi) is 2.82. The average Bonchev–Trinajstić information content (AvgIpc) is 2.15. The molecule has 0 fully saturated rings. The molecule has 74 valence electrons. The number of nitriles is 1. The van der Waals surface area contributed by atoms with E-state index < -0.39 is 17.5 Å². The molecule has 0 aliphatic carbocycles. The van der Waals surface area contributed by atoms with Crippen molar-refractivity contribution in [1.82, 2.24) is 4.98 Å². The van der Waals surface area contributed by atoms with Crippen LogP contribution in [0.1, 0.15) is 17.6 Å². The van der Waals surface area contributed by atoms with Gasteiger partial charge in [-0.05, 0) is 0 Å². The normalized spacial score (nSPS) is 9.93. The Bertz CT molecular complexity index is 434. The predicted molar refractivity (Wildman–Crippen MR) is 43.3 cm³/mol. The van der Waals surface area contributed by atoms with Gasteiger partial charge in [0.1, 0.15) is 11.6 Å². The summed E-state index contributed by atoms with van der Waals surface area (Å²) in [5, 5.41) is 8.52. The second-order valence-electron chi connectivity index (χ2n) is 2.41. The summed E-state index contributed by atoms with van der Waals surface area (Å²) in [4.78, 5) is 13.1. The van der Waals surface area contributed by atoms with E-state index in [0.29, 0.717) is 0 Å². The number of aromatic nitrogens is 1. The topological polar surface area (TPSA) is 65.9 Å². The first-order valence-corrected chi connectivity index (χ1v) is 3.59. The molecule has 0 atom stereocenters. The summed E-state index contributed by atoms with van der Waals surface area (Å²) >= 11 is 0. The van der Waals surface area contributed by atoms with Crippen molar-refractivity contribution in [3.05, 3.63) is 27.5 Å². The number of nitrogens with zero attached hydrogens (tertiary/aromatic N) is 1. The van der Waals surface area contributed by atoms with E-state index in [0.717, 1.165) is 6.07 Å². The van der Waals surface area contributed by atoms with Gasteiger partial charge in [0.2, 0.25) is 0 Å². The summed E-state index contributed by atoms with van der Waals surface area (Å²) in [6.45, 7) is 0. The SMILES string of the molecule is COc1cc(C#N)c(C(F)F)c(=O)[nH]1. The van der Waals surface area contributed by atoms with Gasteiger partial charge in [-0.25, -0.2) is 8.78 Å². The van der Waals surface area contributed by atoms with Gasteiger partial charge in [-0.15, -0.1) is 0 Å². The molecule has 0 bridgehead atoms. The highest BCUT2D eigenvalue weighted by Gasteiger charge is 2.18. The molecule has 1 aromatic rings. The van der Waals surface area contributed by atoms with Crippen molar-refractivity contribution in [3.63, 3.8) is 0 Å². The third kappa shape index (κ3) is 1.71. The molecular weight excluding hydrogens is 194 g/mol.